The van der Waals surface area contributed by atoms with Crippen LogP contribution in [-0.4, -0.2) is 24.9 Å². The molecule has 0 bridgehead atoms. The lowest BCUT2D eigenvalue weighted by Crippen LogP contribution is -2.12. The molecule has 96 valence electrons. The van der Waals surface area contributed by atoms with Gasteiger partial charge in [0.05, 0.1) is 19.1 Å². The third-order valence-electron chi connectivity index (χ3n) is 2.61. The van der Waals surface area contributed by atoms with Gasteiger partial charge < -0.3 is 9.47 Å². The Labute approximate surface area is 111 Å². The molecule has 1 aromatic rings. The number of hydrogen-bond donors (Lipinski definition) is 0. The van der Waals surface area contributed by atoms with Crippen molar-refractivity contribution in [1.29, 1.82) is 0 Å². The van der Waals surface area contributed by atoms with Crippen LogP contribution in [0.3, 0.4) is 0 Å². The van der Waals surface area contributed by atoms with Crippen molar-refractivity contribution in [2.24, 2.45) is 5.92 Å². The van der Waals surface area contributed by atoms with Crippen LogP contribution < -0.4 is 9.47 Å². The molecule has 0 aromatic heterocycles. The second-order valence-electron chi connectivity index (χ2n) is 4.37. The van der Waals surface area contributed by atoms with Gasteiger partial charge in [0.1, 0.15) is 0 Å². The lowest BCUT2D eigenvalue weighted by Gasteiger charge is -2.07. The number of alkyl halides is 1. The number of fused-ring (bicyclic) bond motifs is 1. The topological polar surface area (TPSA) is 35.5 Å². The minimum atomic E-state index is -0.114. The molecule has 0 amide bonds. The zero-order valence-electron chi connectivity index (χ0n) is 10.2. The van der Waals surface area contributed by atoms with Gasteiger partial charge in [0.15, 0.2) is 17.3 Å². The van der Waals surface area contributed by atoms with Crippen LogP contribution in [-0.2, 0) is 4.79 Å². The number of hydrogen-bond acceptors (Lipinski definition) is 3. The van der Waals surface area contributed by atoms with Crippen LogP contribution in [0, 0.1) is 5.92 Å². The molecular weight excluding hydrogens is 252 g/mol. The molecule has 1 aliphatic heterocycles. The Morgan fingerprint density at radius 3 is 2.83 bits per heavy atom. The Kier molecular flexibility index (Phi) is 4.26. The van der Waals surface area contributed by atoms with E-state index in [0.717, 1.165) is 17.1 Å². The van der Waals surface area contributed by atoms with E-state index in [1.165, 1.54) is 6.08 Å². The Balaban J connectivity index is 2.17. The minimum Gasteiger partial charge on any atom is -0.489 e. The van der Waals surface area contributed by atoms with Crippen LogP contribution in [0.15, 0.2) is 24.3 Å². The third kappa shape index (κ3) is 3.26. The fourth-order valence-electron chi connectivity index (χ4n) is 1.61. The Morgan fingerprint density at radius 2 is 2.11 bits per heavy atom. The molecule has 2 rings (SSSR count). The monoisotopic (exact) mass is 266 g/mol. The van der Waals surface area contributed by atoms with E-state index in [2.05, 4.69) is 6.92 Å². The summed E-state index contributed by atoms with van der Waals surface area (Å²) in [6.45, 7) is 3.37. The van der Waals surface area contributed by atoms with Crippen LogP contribution >= 0.6 is 11.6 Å². The molecule has 1 atom stereocenters. The van der Waals surface area contributed by atoms with E-state index >= 15 is 0 Å². The zero-order chi connectivity index (χ0) is 13.0. The number of carbonyl (C=O) groups is 1. The number of benzene rings is 1. The highest BCUT2D eigenvalue weighted by Crippen LogP contribution is 2.31. The molecular formula is C14H15ClO3. The van der Waals surface area contributed by atoms with Crippen molar-refractivity contribution in [2.45, 2.75) is 6.92 Å². The highest BCUT2D eigenvalue weighted by molar-refractivity contribution is 6.29. The number of allylic oxidation sites excluding steroid dienone is 1. The molecule has 3 nitrogen and oxygen atoms in total. The van der Waals surface area contributed by atoms with Crippen LogP contribution in [0.4, 0.5) is 0 Å². The SMILES string of the molecule is CC1COc2ccc(C=CC(=O)CCl)cc2OC1. The van der Waals surface area contributed by atoms with Crippen LogP contribution in [0.5, 0.6) is 11.5 Å². The second-order valence-corrected chi connectivity index (χ2v) is 4.63. The number of rotatable bonds is 3. The number of carbonyl (C=O) groups excluding carboxylic acids is 1. The van der Waals surface area contributed by atoms with Crippen molar-refractivity contribution in [3.05, 3.63) is 29.8 Å². The average molecular weight is 267 g/mol. The molecule has 4 heteroatoms. The summed E-state index contributed by atoms with van der Waals surface area (Å²) in [5.41, 5.74) is 0.894. The highest BCUT2D eigenvalue weighted by atomic mass is 35.5. The number of halogens is 1. The molecule has 0 N–H and O–H groups in total. The van der Waals surface area contributed by atoms with Crippen molar-refractivity contribution in [1.82, 2.24) is 0 Å². The quantitative estimate of drug-likeness (QED) is 0.623. The van der Waals surface area contributed by atoms with Crippen molar-refractivity contribution >= 4 is 23.5 Å². The van der Waals surface area contributed by atoms with Crippen molar-refractivity contribution in [2.75, 3.05) is 19.1 Å². The summed E-state index contributed by atoms with van der Waals surface area (Å²) >= 11 is 5.43. The van der Waals surface area contributed by atoms with Crippen LogP contribution in [0.25, 0.3) is 6.08 Å². The molecule has 1 aromatic carbocycles. The van der Waals surface area contributed by atoms with Gasteiger partial charge in [-0.15, -0.1) is 11.6 Å². The molecule has 18 heavy (non-hydrogen) atoms. The minimum absolute atomic E-state index is 0.00142. The summed E-state index contributed by atoms with van der Waals surface area (Å²) in [6.07, 6.45) is 3.19. The summed E-state index contributed by atoms with van der Waals surface area (Å²) in [7, 11) is 0. The Bertz CT molecular complexity index is 468. The van der Waals surface area contributed by atoms with E-state index < -0.39 is 0 Å². The van der Waals surface area contributed by atoms with E-state index in [0.29, 0.717) is 19.1 Å². The fraction of sp³-hybridized carbons (Fsp3) is 0.357. The lowest BCUT2D eigenvalue weighted by atomic mass is 10.2. The second kappa shape index (κ2) is 5.91. The Hall–Kier alpha value is -1.48. The predicted octanol–water partition coefficient (Wildman–Crippen LogP) is 2.92. The summed E-state index contributed by atoms with van der Waals surface area (Å²) in [5.74, 6) is 1.73. The average Bonchev–Trinajstić information content (AvgIpc) is 2.58. The first kappa shape index (κ1) is 13.0. The molecule has 0 fully saturated rings. The van der Waals surface area contributed by atoms with Gasteiger partial charge >= 0.3 is 0 Å². The van der Waals surface area contributed by atoms with Gasteiger partial charge in [-0.1, -0.05) is 19.1 Å². The molecule has 0 saturated heterocycles. The molecule has 0 aliphatic carbocycles. The smallest absolute Gasteiger partial charge is 0.170 e. The normalized spacial score (nSPS) is 18.7. The van der Waals surface area contributed by atoms with Crippen molar-refractivity contribution in [3.8, 4) is 11.5 Å². The first-order valence-electron chi connectivity index (χ1n) is 5.85. The van der Waals surface area contributed by atoms with E-state index in [1.807, 2.05) is 18.2 Å². The summed E-state index contributed by atoms with van der Waals surface area (Å²) < 4.78 is 11.3. The van der Waals surface area contributed by atoms with Gasteiger partial charge in [-0.25, -0.2) is 0 Å². The fourth-order valence-corrected chi connectivity index (χ4v) is 1.70. The third-order valence-corrected chi connectivity index (χ3v) is 2.87. The first-order chi connectivity index (χ1) is 8.69. The standard InChI is InChI=1S/C14H15ClO3/c1-10-8-17-13-5-3-11(2-4-12(16)7-15)6-14(13)18-9-10/h2-6,10H,7-9H2,1H3. The van der Waals surface area contributed by atoms with Gasteiger partial charge in [0.25, 0.3) is 0 Å². The van der Waals surface area contributed by atoms with Gasteiger partial charge in [-0.05, 0) is 23.8 Å². The molecule has 1 aliphatic rings. The lowest BCUT2D eigenvalue weighted by molar-refractivity contribution is -0.112. The molecule has 0 spiro atoms. The van der Waals surface area contributed by atoms with Gasteiger partial charge in [-0.2, -0.15) is 0 Å². The molecule has 0 radical (unpaired) electrons. The maximum absolute atomic E-state index is 11.1. The molecule has 0 saturated carbocycles. The van der Waals surface area contributed by atoms with E-state index in [4.69, 9.17) is 21.1 Å². The maximum atomic E-state index is 11.1. The van der Waals surface area contributed by atoms with Crippen LogP contribution in [0.2, 0.25) is 0 Å². The van der Waals surface area contributed by atoms with Gasteiger partial charge in [-0.3, -0.25) is 4.79 Å². The Morgan fingerprint density at radius 1 is 1.39 bits per heavy atom. The highest BCUT2D eigenvalue weighted by Gasteiger charge is 2.14. The van der Waals surface area contributed by atoms with Crippen molar-refractivity contribution in [3.63, 3.8) is 0 Å². The molecule has 1 heterocycles. The predicted molar refractivity (Wildman–Crippen MR) is 71.4 cm³/mol. The largest absolute Gasteiger partial charge is 0.489 e. The van der Waals surface area contributed by atoms with Gasteiger partial charge in [0.2, 0.25) is 0 Å². The number of ether oxygens (including phenoxy) is 2. The van der Waals surface area contributed by atoms with E-state index in [1.54, 1.807) is 6.08 Å². The summed E-state index contributed by atoms with van der Waals surface area (Å²) in [6, 6.07) is 5.61. The van der Waals surface area contributed by atoms with Crippen LogP contribution in [0.1, 0.15) is 12.5 Å². The molecule has 1 unspecified atom stereocenters. The van der Waals surface area contributed by atoms with Crippen molar-refractivity contribution < 1.29 is 14.3 Å². The van der Waals surface area contributed by atoms with E-state index in [9.17, 15) is 4.79 Å². The zero-order valence-corrected chi connectivity index (χ0v) is 10.9. The summed E-state index contributed by atoms with van der Waals surface area (Å²) in [5, 5.41) is 0. The number of ketones is 1. The van der Waals surface area contributed by atoms with E-state index in [-0.39, 0.29) is 11.7 Å². The summed E-state index contributed by atoms with van der Waals surface area (Å²) in [4.78, 5) is 11.1. The van der Waals surface area contributed by atoms with Gasteiger partial charge in [0, 0.05) is 5.92 Å². The maximum Gasteiger partial charge on any atom is 0.170 e. The first-order valence-corrected chi connectivity index (χ1v) is 6.39.